The first kappa shape index (κ1) is 36.3. The van der Waals surface area contributed by atoms with E-state index in [0.717, 1.165) is 37.3 Å². The van der Waals surface area contributed by atoms with Crippen molar-refractivity contribution >= 4 is 23.2 Å². The fraction of sp³-hybridized carbons (Fsp3) is 0.200. The van der Waals surface area contributed by atoms with Gasteiger partial charge in [-0.25, -0.2) is 18.1 Å². The Labute approximate surface area is 310 Å². The minimum absolute atomic E-state index is 0.0352. The first-order valence-corrected chi connectivity index (χ1v) is 17.5. The van der Waals surface area contributed by atoms with Crippen molar-refractivity contribution in [3.8, 4) is 11.4 Å². The molecule has 2 aromatic heterocycles. The molecule has 0 unspecified atom stereocenters. The molecule has 0 spiro atoms. The fourth-order valence-corrected chi connectivity index (χ4v) is 5.90. The molecule has 2 aliphatic rings. The number of ether oxygens (including phenoxy) is 2. The number of hydrogen-bond donors (Lipinski definition) is 4. The van der Waals surface area contributed by atoms with Crippen LogP contribution >= 0.6 is 0 Å². The van der Waals surface area contributed by atoms with Gasteiger partial charge in [-0.3, -0.25) is 9.59 Å². The maximum absolute atomic E-state index is 13.3. The van der Waals surface area contributed by atoms with Gasteiger partial charge in [-0.15, -0.1) is 0 Å². The van der Waals surface area contributed by atoms with Gasteiger partial charge in [0.05, 0.1) is 60.3 Å². The largest absolute Gasteiger partial charge is 0.371 e. The highest BCUT2D eigenvalue weighted by Crippen LogP contribution is 2.23. The van der Waals surface area contributed by atoms with Crippen molar-refractivity contribution in [3.63, 3.8) is 0 Å². The molecule has 4 aromatic carbocycles. The maximum atomic E-state index is 13.3. The van der Waals surface area contributed by atoms with Gasteiger partial charge in [0, 0.05) is 49.9 Å². The van der Waals surface area contributed by atoms with E-state index < -0.39 is 0 Å². The number of anilines is 2. The van der Waals surface area contributed by atoms with Crippen molar-refractivity contribution in [3.05, 3.63) is 156 Å². The van der Waals surface area contributed by atoms with Crippen LogP contribution < -0.4 is 21.3 Å². The van der Waals surface area contributed by atoms with Crippen molar-refractivity contribution in [2.24, 2.45) is 0 Å². The predicted octanol–water partition coefficient (Wildman–Crippen LogP) is 5.85. The van der Waals surface area contributed by atoms with Gasteiger partial charge in [-0.1, -0.05) is 30.3 Å². The van der Waals surface area contributed by atoms with Crippen molar-refractivity contribution in [2.75, 3.05) is 50.0 Å². The number of nitrogens with zero attached hydrogens (tertiary/aromatic N) is 4. The van der Waals surface area contributed by atoms with E-state index in [1.165, 1.54) is 46.0 Å². The summed E-state index contributed by atoms with van der Waals surface area (Å²) in [5.41, 5.74) is 5.57. The van der Waals surface area contributed by atoms with Crippen LogP contribution in [0.15, 0.2) is 122 Å². The minimum Gasteiger partial charge on any atom is -0.371 e. The van der Waals surface area contributed by atoms with E-state index in [1.807, 2.05) is 48.5 Å². The van der Waals surface area contributed by atoms with Crippen LogP contribution in [0.4, 0.5) is 20.2 Å². The highest BCUT2D eigenvalue weighted by Gasteiger charge is 2.18. The van der Waals surface area contributed by atoms with E-state index in [9.17, 15) is 18.4 Å². The molecule has 14 heteroatoms. The maximum Gasteiger partial charge on any atom is 0.258 e. The Balaban J connectivity index is 0.000000167. The number of hydrogen-bond acceptors (Lipinski definition) is 8. The topological polar surface area (TPSA) is 136 Å². The quantitative estimate of drug-likeness (QED) is 0.153. The molecule has 2 saturated heterocycles. The summed E-state index contributed by atoms with van der Waals surface area (Å²) in [5.74, 6) is -1.21. The molecule has 0 radical (unpaired) electrons. The summed E-state index contributed by atoms with van der Waals surface area (Å²) in [7, 11) is 0. The molecule has 276 valence electrons. The Bertz CT molecular complexity index is 2160. The Morgan fingerprint density at radius 1 is 0.630 bits per heavy atom. The summed E-state index contributed by atoms with van der Waals surface area (Å²) < 4.78 is 40.8. The standard InChI is InChI=1S/2C20H19FN4O2/c21-16-3-7-18(8-4-16)25-13-15(11-23-25)20(26)24-17-5-1-14(2-6-17)19-12-22-9-10-27-19;21-16-2-1-3-18(10-16)25-13-15(11-23-25)20(26)24-17-6-4-14(5-7-17)19-12-22-8-9-27-19/h1-8,11,13,19,22H,9-10,12H2,(H,24,26);1-7,10-11,13,19,22H,8-9,12H2,(H,24,26)/t2*19-/m11/s1. The zero-order chi connectivity index (χ0) is 37.3. The summed E-state index contributed by atoms with van der Waals surface area (Å²) in [6.45, 7) is 4.70. The summed E-state index contributed by atoms with van der Waals surface area (Å²) in [6, 6.07) is 27.2. The summed E-state index contributed by atoms with van der Waals surface area (Å²) >= 11 is 0. The average molecular weight is 733 g/mol. The summed E-state index contributed by atoms with van der Waals surface area (Å²) in [5, 5.41) is 20.6. The van der Waals surface area contributed by atoms with Crippen LogP contribution in [-0.2, 0) is 9.47 Å². The molecule has 2 fully saturated rings. The van der Waals surface area contributed by atoms with Gasteiger partial charge < -0.3 is 30.7 Å². The van der Waals surface area contributed by atoms with Gasteiger partial charge in [-0.05, 0) is 77.9 Å². The number of aromatic nitrogens is 4. The lowest BCUT2D eigenvalue weighted by Crippen LogP contribution is -2.33. The molecular weight excluding hydrogens is 694 g/mol. The summed E-state index contributed by atoms with van der Waals surface area (Å²) in [6.07, 6.45) is 6.19. The molecule has 2 amide bonds. The molecule has 4 heterocycles. The second kappa shape index (κ2) is 17.2. The van der Waals surface area contributed by atoms with Crippen molar-refractivity contribution in [2.45, 2.75) is 12.2 Å². The number of halogens is 2. The van der Waals surface area contributed by atoms with Gasteiger partial charge >= 0.3 is 0 Å². The first-order chi connectivity index (χ1) is 26.4. The lowest BCUT2D eigenvalue weighted by molar-refractivity contribution is 0.0276. The monoisotopic (exact) mass is 732 g/mol. The van der Waals surface area contributed by atoms with E-state index >= 15 is 0 Å². The number of carbonyl (C=O) groups excluding carboxylic acids is 2. The van der Waals surface area contributed by atoms with E-state index in [4.69, 9.17) is 9.47 Å². The van der Waals surface area contributed by atoms with Crippen LogP contribution in [0.3, 0.4) is 0 Å². The highest BCUT2D eigenvalue weighted by atomic mass is 19.1. The molecule has 0 aliphatic carbocycles. The molecule has 2 aliphatic heterocycles. The van der Waals surface area contributed by atoms with E-state index in [2.05, 4.69) is 31.5 Å². The summed E-state index contributed by atoms with van der Waals surface area (Å²) in [4.78, 5) is 24.9. The molecule has 8 rings (SSSR count). The number of nitrogens with one attached hydrogen (secondary N) is 4. The van der Waals surface area contributed by atoms with Crippen molar-refractivity contribution < 1.29 is 27.8 Å². The number of morpholine rings is 2. The zero-order valence-electron chi connectivity index (χ0n) is 29.1. The molecule has 12 nitrogen and oxygen atoms in total. The SMILES string of the molecule is O=C(Nc1ccc([C@H]2CNCCO2)cc1)c1cnn(-c2ccc(F)cc2)c1.O=C(Nc1ccc([C@H]2CNCCO2)cc1)c1cnn(-c2cccc(F)c2)c1. The van der Waals surface area contributed by atoms with E-state index in [1.54, 1.807) is 36.7 Å². The van der Waals surface area contributed by atoms with Crippen LogP contribution in [0.5, 0.6) is 0 Å². The fourth-order valence-electron chi connectivity index (χ4n) is 5.90. The highest BCUT2D eigenvalue weighted by molar-refractivity contribution is 6.04. The minimum atomic E-state index is -0.355. The molecule has 4 N–H and O–H groups in total. The Hall–Kier alpha value is -6.06. The second-order valence-electron chi connectivity index (χ2n) is 12.6. The van der Waals surface area contributed by atoms with Crippen LogP contribution in [-0.4, -0.2) is 70.8 Å². The molecule has 54 heavy (non-hydrogen) atoms. The van der Waals surface area contributed by atoms with E-state index in [0.29, 0.717) is 47.1 Å². The smallest absolute Gasteiger partial charge is 0.258 e. The van der Waals surface area contributed by atoms with E-state index in [-0.39, 0.29) is 35.7 Å². The van der Waals surface area contributed by atoms with Crippen LogP contribution in [0.2, 0.25) is 0 Å². The lowest BCUT2D eigenvalue weighted by Gasteiger charge is -2.24. The Kier molecular flexibility index (Phi) is 11.5. The first-order valence-electron chi connectivity index (χ1n) is 17.5. The third-order valence-electron chi connectivity index (χ3n) is 8.79. The predicted molar refractivity (Wildman–Crippen MR) is 199 cm³/mol. The van der Waals surface area contributed by atoms with Crippen LogP contribution in [0.25, 0.3) is 11.4 Å². The van der Waals surface area contributed by atoms with Gasteiger partial charge in [0.1, 0.15) is 11.6 Å². The molecular formula is C40H38F2N8O4. The van der Waals surface area contributed by atoms with Gasteiger partial charge in [0.2, 0.25) is 0 Å². The molecule has 2 atom stereocenters. The van der Waals surface area contributed by atoms with Crippen molar-refractivity contribution in [1.29, 1.82) is 0 Å². The Morgan fingerprint density at radius 2 is 1.13 bits per heavy atom. The normalized spacial score (nSPS) is 16.9. The second-order valence-corrected chi connectivity index (χ2v) is 12.6. The number of carbonyl (C=O) groups is 2. The van der Waals surface area contributed by atoms with Gasteiger partial charge in [0.25, 0.3) is 11.8 Å². The van der Waals surface area contributed by atoms with Crippen LogP contribution in [0, 0.1) is 11.6 Å². The third-order valence-corrected chi connectivity index (χ3v) is 8.79. The number of amides is 2. The molecule has 0 saturated carbocycles. The Morgan fingerprint density at radius 3 is 1.59 bits per heavy atom. The van der Waals surface area contributed by atoms with Gasteiger partial charge in [0.15, 0.2) is 0 Å². The average Bonchev–Trinajstić information content (AvgIpc) is 3.92. The van der Waals surface area contributed by atoms with Crippen molar-refractivity contribution in [1.82, 2.24) is 30.2 Å². The number of rotatable bonds is 8. The lowest BCUT2D eigenvalue weighted by atomic mass is 10.1. The third kappa shape index (κ3) is 9.29. The van der Waals surface area contributed by atoms with Gasteiger partial charge in [-0.2, -0.15) is 10.2 Å². The zero-order valence-corrected chi connectivity index (χ0v) is 29.1. The molecule has 0 bridgehead atoms. The van der Waals surface area contributed by atoms with Crippen LogP contribution in [0.1, 0.15) is 44.1 Å². The number of benzene rings is 4. The molecule has 6 aromatic rings.